The first kappa shape index (κ1) is 26.2. The summed E-state index contributed by atoms with van der Waals surface area (Å²) in [6.45, 7) is 11.3. The Kier molecular flexibility index (Phi) is 9.42. The van der Waals surface area contributed by atoms with Crippen LogP contribution in [0.2, 0.25) is 0 Å². The fraction of sp³-hybridized carbons (Fsp3) is 0.500. The lowest BCUT2D eigenvalue weighted by Gasteiger charge is -2.30. The molecule has 6 heteroatoms. The van der Waals surface area contributed by atoms with E-state index in [-0.39, 0.29) is 11.8 Å². The Bertz CT molecular complexity index is 1100. The Hall–Kier alpha value is -2.83. The van der Waals surface area contributed by atoms with E-state index in [1.807, 2.05) is 19.9 Å². The van der Waals surface area contributed by atoms with Gasteiger partial charge in [-0.15, -0.1) is 0 Å². The van der Waals surface area contributed by atoms with E-state index in [0.717, 1.165) is 82.0 Å². The lowest BCUT2D eigenvalue weighted by molar-refractivity contribution is -0.126. The number of anilines is 1. The van der Waals surface area contributed by atoms with Crippen molar-refractivity contribution < 1.29 is 9.53 Å². The predicted octanol–water partition coefficient (Wildman–Crippen LogP) is 5.59. The highest BCUT2D eigenvalue weighted by Crippen LogP contribution is 2.33. The molecular formula is C30H42N4O2. The van der Waals surface area contributed by atoms with Crippen molar-refractivity contribution in [1.29, 1.82) is 0 Å². The van der Waals surface area contributed by atoms with Gasteiger partial charge in [-0.1, -0.05) is 44.2 Å². The summed E-state index contributed by atoms with van der Waals surface area (Å²) in [5, 5.41) is 8.19. The van der Waals surface area contributed by atoms with E-state index in [2.05, 4.69) is 69.9 Å². The van der Waals surface area contributed by atoms with E-state index in [1.54, 1.807) is 0 Å². The first-order valence-electron chi connectivity index (χ1n) is 13.7. The lowest BCUT2D eigenvalue weighted by atomic mass is 9.85. The van der Waals surface area contributed by atoms with Crippen molar-refractivity contribution in [3.8, 4) is 11.3 Å². The molecule has 5 rings (SSSR count). The van der Waals surface area contributed by atoms with Crippen LogP contribution in [0.5, 0.6) is 0 Å². The molecule has 2 heterocycles. The van der Waals surface area contributed by atoms with Crippen LogP contribution in [-0.4, -0.2) is 61.2 Å². The van der Waals surface area contributed by atoms with E-state index < -0.39 is 0 Å². The van der Waals surface area contributed by atoms with Gasteiger partial charge in [0.15, 0.2) is 0 Å². The zero-order valence-corrected chi connectivity index (χ0v) is 22.1. The summed E-state index contributed by atoms with van der Waals surface area (Å²) in [6.07, 6.45) is 3.92. The van der Waals surface area contributed by atoms with Gasteiger partial charge in [0.1, 0.15) is 0 Å². The molecule has 0 radical (unpaired) electrons. The number of hydrogen-bond donors (Lipinski definition) is 3. The summed E-state index contributed by atoms with van der Waals surface area (Å²) in [5.74, 6) is 0.358. The Balaban J connectivity index is 0.00000148. The molecule has 0 spiro atoms. The summed E-state index contributed by atoms with van der Waals surface area (Å²) in [4.78, 5) is 18.7. The van der Waals surface area contributed by atoms with Gasteiger partial charge in [-0.05, 0) is 61.9 Å². The van der Waals surface area contributed by atoms with Crippen molar-refractivity contribution in [3.05, 3.63) is 54.1 Å². The minimum atomic E-state index is 0.135. The summed E-state index contributed by atoms with van der Waals surface area (Å²) >= 11 is 0. The van der Waals surface area contributed by atoms with E-state index in [1.165, 1.54) is 16.5 Å². The number of aromatic amines is 1. The van der Waals surface area contributed by atoms with Crippen molar-refractivity contribution in [2.24, 2.45) is 5.92 Å². The maximum Gasteiger partial charge on any atom is 0.223 e. The summed E-state index contributed by atoms with van der Waals surface area (Å²) < 4.78 is 5.39. The molecule has 194 valence electrons. The number of morpholine rings is 1. The third-order valence-electron chi connectivity index (χ3n) is 7.25. The molecule has 0 atom stereocenters. The first-order chi connectivity index (χ1) is 17.7. The fourth-order valence-corrected chi connectivity index (χ4v) is 5.31. The average molecular weight is 491 g/mol. The van der Waals surface area contributed by atoms with Crippen LogP contribution in [-0.2, 0) is 9.53 Å². The Morgan fingerprint density at radius 1 is 1.03 bits per heavy atom. The second-order valence-electron chi connectivity index (χ2n) is 9.76. The van der Waals surface area contributed by atoms with Gasteiger partial charge >= 0.3 is 0 Å². The number of nitrogens with zero attached hydrogens (tertiary/aromatic N) is 1. The van der Waals surface area contributed by atoms with E-state index >= 15 is 0 Å². The number of aromatic nitrogens is 1. The molecule has 1 amide bonds. The number of fused-ring (bicyclic) bond motifs is 1. The zero-order valence-electron chi connectivity index (χ0n) is 22.1. The molecule has 2 fully saturated rings. The highest BCUT2D eigenvalue weighted by Gasteiger charge is 2.26. The van der Waals surface area contributed by atoms with Crippen molar-refractivity contribution in [3.63, 3.8) is 0 Å². The summed E-state index contributed by atoms with van der Waals surface area (Å²) in [6, 6.07) is 17.6. The van der Waals surface area contributed by atoms with Crippen LogP contribution in [0.3, 0.4) is 0 Å². The zero-order chi connectivity index (χ0) is 25.3. The molecule has 2 aromatic carbocycles. The molecule has 1 aliphatic carbocycles. The van der Waals surface area contributed by atoms with Gasteiger partial charge in [0.05, 0.1) is 24.4 Å². The van der Waals surface area contributed by atoms with Crippen LogP contribution >= 0.6 is 0 Å². The fourth-order valence-electron chi connectivity index (χ4n) is 5.31. The van der Waals surface area contributed by atoms with Gasteiger partial charge < -0.3 is 20.4 Å². The van der Waals surface area contributed by atoms with E-state index in [4.69, 9.17) is 4.74 Å². The van der Waals surface area contributed by atoms with Crippen LogP contribution in [0.4, 0.5) is 5.69 Å². The lowest BCUT2D eigenvalue weighted by Crippen LogP contribution is -2.43. The molecule has 3 aromatic rings. The van der Waals surface area contributed by atoms with Gasteiger partial charge in [-0.2, -0.15) is 0 Å². The number of carbonyl (C=O) groups is 1. The Labute approximate surface area is 215 Å². The van der Waals surface area contributed by atoms with Crippen molar-refractivity contribution in [1.82, 2.24) is 15.2 Å². The third-order valence-corrected chi connectivity index (χ3v) is 7.25. The molecule has 2 aliphatic rings. The van der Waals surface area contributed by atoms with Crippen molar-refractivity contribution >= 4 is 22.5 Å². The molecule has 1 saturated heterocycles. The number of H-pyrrole nitrogens is 1. The molecular weight excluding hydrogens is 448 g/mol. The number of hydrogen-bond acceptors (Lipinski definition) is 4. The van der Waals surface area contributed by atoms with E-state index in [0.29, 0.717) is 6.04 Å². The number of ether oxygens (including phenoxy) is 1. The minimum Gasteiger partial charge on any atom is -0.381 e. The molecule has 0 unspecified atom stereocenters. The summed E-state index contributed by atoms with van der Waals surface area (Å²) in [5.41, 5.74) is 5.91. The maximum absolute atomic E-state index is 12.7. The highest BCUT2D eigenvalue weighted by molar-refractivity contribution is 5.95. The largest absolute Gasteiger partial charge is 0.381 e. The molecule has 3 N–H and O–H groups in total. The molecule has 6 nitrogen and oxygen atoms in total. The highest BCUT2D eigenvalue weighted by atomic mass is 16.5. The van der Waals surface area contributed by atoms with Gasteiger partial charge in [0, 0.05) is 49.2 Å². The smallest absolute Gasteiger partial charge is 0.223 e. The summed E-state index contributed by atoms with van der Waals surface area (Å²) in [7, 11) is 0. The molecule has 1 aliphatic heterocycles. The second-order valence-corrected chi connectivity index (χ2v) is 9.76. The number of benzene rings is 2. The number of carbonyl (C=O) groups excluding carboxylic acids is 1. The van der Waals surface area contributed by atoms with Crippen LogP contribution < -0.4 is 10.6 Å². The van der Waals surface area contributed by atoms with Crippen LogP contribution in [0.15, 0.2) is 48.5 Å². The van der Waals surface area contributed by atoms with Crippen LogP contribution in [0, 0.1) is 12.8 Å². The maximum atomic E-state index is 12.7. The van der Waals surface area contributed by atoms with Gasteiger partial charge in [0.2, 0.25) is 5.91 Å². The number of nitrogens with one attached hydrogen (secondary N) is 3. The number of aryl methyl sites for hydroxylation is 1. The average Bonchev–Trinajstić information content (AvgIpc) is 3.36. The van der Waals surface area contributed by atoms with Gasteiger partial charge in [-0.25, -0.2) is 0 Å². The normalized spacial score (nSPS) is 20.4. The second kappa shape index (κ2) is 12.9. The number of amides is 1. The van der Waals surface area contributed by atoms with Gasteiger partial charge in [0.25, 0.3) is 0 Å². The predicted molar refractivity (Wildman–Crippen MR) is 149 cm³/mol. The molecule has 36 heavy (non-hydrogen) atoms. The van der Waals surface area contributed by atoms with Crippen molar-refractivity contribution in [2.75, 3.05) is 44.7 Å². The van der Waals surface area contributed by atoms with E-state index in [9.17, 15) is 4.79 Å². The Morgan fingerprint density at radius 3 is 2.47 bits per heavy atom. The van der Waals surface area contributed by atoms with Crippen LogP contribution in [0.1, 0.15) is 45.1 Å². The quantitative estimate of drug-likeness (QED) is 0.404. The topological polar surface area (TPSA) is 69.4 Å². The molecule has 1 saturated carbocycles. The third kappa shape index (κ3) is 6.68. The number of rotatable bonds is 7. The standard InChI is InChI=1S/C28H36N4O2.C2H6/c1-20-17-23-19-25(21-5-3-2-4-6-21)31-27(23)26(18-20)30-24-9-7-22(8-10-24)28(33)29-11-12-32-13-15-34-16-14-32;1-2/h2-6,17-19,22,24,30-31H,7-16H2,1H3,(H,29,33);1-2H3. The van der Waals surface area contributed by atoms with Crippen molar-refractivity contribution in [2.45, 2.75) is 52.5 Å². The SMILES string of the molecule is CC.Cc1cc(NC2CCC(C(=O)NCCN3CCOCC3)CC2)c2[nH]c(-c3ccccc3)cc2c1. The Morgan fingerprint density at radius 2 is 1.75 bits per heavy atom. The van der Waals surface area contributed by atoms with Crippen LogP contribution in [0.25, 0.3) is 22.2 Å². The van der Waals surface area contributed by atoms with Gasteiger partial charge in [-0.3, -0.25) is 9.69 Å². The molecule has 1 aromatic heterocycles. The minimum absolute atomic E-state index is 0.135. The first-order valence-corrected chi connectivity index (χ1v) is 13.7. The monoisotopic (exact) mass is 490 g/mol. The molecule has 0 bridgehead atoms.